The van der Waals surface area contributed by atoms with Crippen molar-refractivity contribution in [2.75, 3.05) is 0 Å². The fourth-order valence-electron chi connectivity index (χ4n) is 2.14. The molecule has 1 unspecified atom stereocenters. The van der Waals surface area contributed by atoms with Gasteiger partial charge in [0.15, 0.2) is 0 Å². The van der Waals surface area contributed by atoms with Gasteiger partial charge in [0, 0.05) is 5.92 Å². The SMILES string of the molecule is CC(N=C(N)C1CCCC1)c1ccsc1. The molecule has 2 nitrogen and oxygen atoms in total. The summed E-state index contributed by atoms with van der Waals surface area (Å²) < 4.78 is 0. The lowest BCUT2D eigenvalue weighted by Crippen LogP contribution is -2.22. The first-order valence-corrected chi connectivity index (χ1v) is 6.57. The van der Waals surface area contributed by atoms with Gasteiger partial charge >= 0.3 is 0 Å². The fraction of sp³-hybridized carbons (Fsp3) is 0.583. The van der Waals surface area contributed by atoms with E-state index < -0.39 is 0 Å². The van der Waals surface area contributed by atoms with Crippen molar-refractivity contribution in [2.45, 2.75) is 38.6 Å². The molecule has 1 aromatic heterocycles. The Morgan fingerprint density at radius 1 is 1.53 bits per heavy atom. The molecule has 0 aliphatic heterocycles. The molecule has 0 bridgehead atoms. The van der Waals surface area contributed by atoms with Crippen molar-refractivity contribution in [3.63, 3.8) is 0 Å². The van der Waals surface area contributed by atoms with Crippen LogP contribution in [0.3, 0.4) is 0 Å². The second-order valence-electron chi connectivity index (χ2n) is 4.27. The highest BCUT2D eigenvalue weighted by atomic mass is 32.1. The molecule has 1 aliphatic rings. The molecule has 0 amide bonds. The standard InChI is InChI=1S/C12H18N2S/c1-9(11-6-7-15-8-11)14-12(13)10-4-2-3-5-10/h6-10H,2-5H2,1H3,(H2,13,14). The maximum Gasteiger partial charge on any atom is 0.0975 e. The fourth-order valence-corrected chi connectivity index (χ4v) is 2.88. The first-order chi connectivity index (χ1) is 7.27. The van der Waals surface area contributed by atoms with E-state index in [1.54, 1.807) is 11.3 Å². The van der Waals surface area contributed by atoms with Gasteiger partial charge in [0.1, 0.15) is 0 Å². The average Bonchev–Trinajstić information content (AvgIpc) is 2.91. The van der Waals surface area contributed by atoms with Crippen molar-refractivity contribution < 1.29 is 0 Å². The van der Waals surface area contributed by atoms with Crippen molar-refractivity contribution >= 4 is 17.2 Å². The van der Waals surface area contributed by atoms with Crippen LogP contribution in [0.15, 0.2) is 21.8 Å². The minimum absolute atomic E-state index is 0.219. The van der Waals surface area contributed by atoms with E-state index in [1.807, 2.05) is 0 Å². The van der Waals surface area contributed by atoms with Gasteiger partial charge in [0.25, 0.3) is 0 Å². The second kappa shape index (κ2) is 4.79. The van der Waals surface area contributed by atoms with E-state index in [0.717, 1.165) is 5.84 Å². The molecular formula is C12H18N2S. The molecule has 0 saturated heterocycles. The Bertz CT molecular complexity index is 323. The predicted molar refractivity (Wildman–Crippen MR) is 66.3 cm³/mol. The summed E-state index contributed by atoms with van der Waals surface area (Å²) in [6.07, 6.45) is 5.08. The topological polar surface area (TPSA) is 38.4 Å². The van der Waals surface area contributed by atoms with E-state index in [2.05, 4.69) is 28.7 Å². The summed E-state index contributed by atoms with van der Waals surface area (Å²) in [5.41, 5.74) is 7.32. The highest BCUT2D eigenvalue weighted by Gasteiger charge is 2.19. The van der Waals surface area contributed by atoms with Crippen LogP contribution < -0.4 is 5.73 Å². The zero-order chi connectivity index (χ0) is 10.7. The van der Waals surface area contributed by atoms with Crippen LogP contribution in [-0.4, -0.2) is 5.84 Å². The zero-order valence-corrected chi connectivity index (χ0v) is 9.96. The summed E-state index contributed by atoms with van der Waals surface area (Å²) in [6.45, 7) is 2.11. The van der Waals surface area contributed by atoms with Crippen molar-refractivity contribution in [3.05, 3.63) is 22.4 Å². The Balaban J connectivity index is 2.02. The zero-order valence-electron chi connectivity index (χ0n) is 9.15. The molecule has 82 valence electrons. The summed E-state index contributed by atoms with van der Waals surface area (Å²) in [5.74, 6) is 1.41. The van der Waals surface area contributed by atoms with E-state index in [1.165, 1.54) is 31.2 Å². The number of aliphatic imine (C=N–C) groups is 1. The number of thiophene rings is 1. The Morgan fingerprint density at radius 2 is 2.27 bits per heavy atom. The maximum absolute atomic E-state index is 6.04. The normalized spacial score (nSPS) is 20.7. The monoisotopic (exact) mass is 222 g/mol. The summed E-state index contributed by atoms with van der Waals surface area (Å²) in [4.78, 5) is 4.60. The largest absolute Gasteiger partial charge is 0.387 e. The summed E-state index contributed by atoms with van der Waals surface area (Å²) in [7, 11) is 0. The lowest BCUT2D eigenvalue weighted by atomic mass is 10.1. The van der Waals surface area contributed by atoms with Crippen LogP contribution in [0.2, 0.25) is 0 Å². The molecule has 1 saturated carbocycles. The van der Waals surface area contributed by atoms with Gasteiger partial charge in [-0.15, -0.1) is 0 Å². The lowest BCUT2D eigenvalue weighted by molar-refractivity contribution is 0.700. The van der Waals surface area contributed by atoms with Crippen LogP contribution >= 0.6 is 11.3 Å². The Labute approximate surface area is 95.2 Å². The van der Waals surface area contributed by atoms with Gasteiger partial charge in [0.05, 0.1) is 11.9 Å². The number of nitrogens with two attached hydrogens (primary N) is 1. The summed E-state index contributed by atoms with van der Waals surface area (Å²) in [5, 5.41) is 4.24. The van der Waals surface area contributed by atoms with E-state index in [9.17, 15) is 0 Å². The first kappa shape index (κ1) is 10.7. The van der Waals surface area contributed by atoms with Gasteiger partial charge < -0.3 is 5.73 Å². The van der Waals surface area contributed by atoms with E-state index in [-0.39, 0.29) is 6.04 Å². The molecule has 1 aromatic rings. The summed E-state index contributed by atoms with van der Waals surface area (Å²) in [6, 6.07) is 2.35. The van der Waals surface area contributed by atoms with Crippen LogP contribution in [0.25, 0.3) is 0 Å². The molecule has 2 rings (SSSR count). The van der Waals surface area contributed by atoms with Gasteiger partial charge in [-0.3, -0.25) is 4.99 Å². The van der Waals surface area contributed by atoms with Crippen LogP contribution in [-0.2, 0) is 0 Å². The molecule has 1 aliphatic carbocycles. The molecule has 0 radical (unpaired) electrons. The van der Waals surface area contributed by atoms with Crippen LogP contribution in [0.1, 0.15) is 44.2 Å². The predicted octanol–water partition coefficient (Wildman–Crippen LogP) is 3.36. The van der Waals surface area contributed by atoms with Crippen molar-refractivity contribution in [1.82, 2.24) is 0 Å². The van der Waals surface area contributed by atoms with Gasteiger partial charge in [0.2, 0.25) is 0 Å². The summed E-state index contributed by atoms with van der Waals surface area (Å²) >= 11 is 1.72. The van der Waals surface area contributed by atoms with Crippen molar-refractivity contribution in [2.24, 2.45) is 16.6 Å². The second-order valence-corrected chi connectivity index (χ2v) is 5.05. The number of hydrogen-bond acceptors (Lipinski definition) is 2. The molecule has 1 atom stereocenters. The first-order valence-electron chi connectivity index (χ1n) is 5.62. The van der Waals surface area contributed by atoms with Crippen LogP contribution in [0, 0.1) is 5.92 Å². The van der Waals surface area contributed by atoms with Crippen molar-refractivity contribution in [3.8, 4) is 0 Å². The molecule has 1 fully saturated rings. The number of rotatable bonds is 3. The van der Waals surface area contributed by atoms with E-state index >= 15 is 0 Å². The van der Waals surface area contributed by atoms with Gasteiger partial charge in [-0.05, 0) is 42.2 Å². The Kier molecular flexibility index (Phi) is 3.41. The number of hydrogen-bond donors (Lipinski definition) is 1. The maximum atomic E-state index is 6.04. The molecular weight excluding hydrogens is 204 g/mol. The van der Waals surface area contributed by atoms with Gasteiger partial charge in [-0.1, -0.05) is 12.8 Å². The number of amidine groups is 1. The lowest BCUT2D eigenvalue weighted by Gasteiger charge is -2.11. The number of nitrogens with zero attached hydrogens (tertiary/aromatic N) is 1. The quantitative estimate of drug-likeness (QED) is 0.618. The van der Waals surface area contributed by atoms with Crippen LogP contribution in [0.5, 0.6) is 0 Å². The molecule has 3 heteroatoms. The highest BCUT2D eigenvalue weighted by molar-refractivity contribution is 7.07. The Morgan fingerprint density at radius 3 is 2.87 bits per heavy atom. The third-order valence-corrected chi connectivity index (χ3v) is 3.84. The third kappa shape index (κ3) is 2.59. The van der Waals surface area contributed by atoms with Gasteiger partial charge in [-0.2, -0.15) is 11.3 Å². The minimum Gasteiger partial charge on any atom is -0.387 e. The molecule has 15 heavy (non-hydrogen) atoms. The molecule has 0 aromatic carbocycles. The average molecular weight is 222 g/mol. The van der Waals surface area contributed by atoms with Crippen molar-refractivity contribution in [1.29, 1.82) is 0 Å². The van der Waals surface area contributed by atoms with E-state index in [0.29, 0.717) is 5.92 Å². The third-order valence-electron chi connectivity index (χ3n) is 3.14. The highest BCUT2D eigenvalue weighted by Crippen LogP contribution is 2.26. The smallest absolute Gasteiger partial charge is 0.0975 e. The van der Waals surface area contributed by atoms with Gasteiger partial charge in [-0.25, -0.2) is 0 Å². The molecule has 0 spiro atoms. The Hall–Kier alpha value is -0.830. The van der Waals surface area contributed by atoms with E-state index in [4.69, 9.17) is 5.73 Å². The molecule has 1 heterocycles. The molecule has 2 N–H and O–H groups in total. The van der Waals surface area contributed by atoms with Crippen LogP contribution in [0.4, 0.5) is 0 Å². The minimum atomic E-state index is 0.219.